The SMILES string of the molecule is COc1ccc(-c2nc3c(s2)CN(C(=S)Nc2ccccc2Cl)CC3)cc1OC. The standard InChI is InChI=1S/C21H20ClN3O2S2/c1-26-17-8-7-13(11-18(17)27-2)20-23-16-9-10-25(12-19(16)29-20)21(28)24-15-6-4-3-5-14(15)22/h3-8,11H,9-10,12H2,1-2H3,(H,24,28). The van der Waals surface area contributed by atoms with E-state index >= 15 is 0 Å². The van der Waals surface area contributed by atoms with Crippen LogP contribution in [0.5, 0.6) is 11.5 Å². The summed E-state index contributed by atoms with van der Waals surface area (Å²) < 4.78 is 10.7. The minimum Gasteiger partial charge on any atom is -0.493 e. The first-order chi connectivity index (χ1) is 14.1. The van der Waals surface area contributed by atoms with Gasteiger partial charge in [0, 0.05) is 23.4 Å². The van der Waals surface area contributed by atoms with Crippen LogP contribution in [0.25, 0.3) is 10.6 Å². The molecular weight excluding hydrogens is 426 g/mol. The molecule has 1 aliphatic rings. The van der Waals surface area contributed by atoms with Gasteiger partial charge in [0.25, 0.3) is 0 Å². The molecule has 0 fully saturated rings. The number of halogens is 1. The largest absolute Gasteiger partial charge is 0.493 e. The van der Waals surface area contributed by atoms with Crippen molar-refractivity contribution >= 4 is 46.0 Å². The van der Waals surface area contributed by atoms with E-state index < -0.39 is 0 Å². The van der Waals surface area contributed by atoms with Gasteiger partial charge in [0.1, 0.15) is 5.01 Å². The Morgan fingerprint density at radius 1 is 1.17 bits per heavy atom. The molecule has 29 heavy (non-hydrogen) atoms. The van der Waals surface area contributed by atoms with Crippen LogP contribution >= 0.6 is 35.2 Å². The fraction of sp³-hybridized carbons (Fsp3) is 0.238. The first kappa shape index (κ1) is 19.9. The number of fused-ring (bicyclic) bond motifs is 1. The summed E-state index contributed by atoms with van der Waals surface area (Å²) in [6, 6.07) is 13.5. The fourth-order valence-electron chi connectivity index (χ4n) is 3.22. The van der Waals surface area contributed by atoms with Gasteiger partial charge in [-0.3, -0.25) is 0 Å². The molecule has 3 aromatic rings. The van der Waals surface area contributed by atoms with Crippen molar-refractivity contribution in [3.63, 3.8) is 0 Å². The Hall–Kier alpha value is -2.35. The van der Waals surface area contributed by atoms with Crippen LogP contribution in [-0.2, 0) is 13.0 Å². The Morgan fingerprint density at radius 2 is 1.97 bits per heavy atom. The van der Waals surface area contributed by atoms with Crippen molar-refractivity contribution in [2.45, 2.75) is 13.0 Å². The summed E-state index contributed by atoms with van der Waals surface area (Å²) in [5.74, 6) is 1.41. The molecule has 0 saturated heterocycles. The van der Waals surface area contributed by atoms with Gasteiger partial charge in [-0.15, -0.1) is 11.3 Å². The van der Waals surface area contributed by atoms with Crippen molar-refractivity contribution in [3.05, 3.63) is 58.1 Å². The molecule has 1 N–H and O–H groups in total. The van der Waals surface area contributed by atoms with E-state index in [4.69, 9.17) is 38.3 Å². The summed E-state index contributed by atoms with van der Waals surface area (Å²) in [4.78, 5) is 8.23. The number of hydrogen-bond donors (Lipinski definition) is 1. The number of thiazole rings is 1. The zero-order valence-electron chi connectivity index (χ0n) is 16.1. The Balaban J connectivity index is 1.52. The van der Waals surface area contributed by atoms with Gasteiger partial charge in [0.2, 0.25) is 0 Å². The number of hydrogen-bond acceptors (Lipinski definition) is 5. The molecule has 1 aromatic heterocycles. The van der Waals surface area contributed by atoms with Gasteiger partial charge >= 0.3 is 0 Å². The van der Waals surface area contributed by atoms with Crippen LogP contribution in [-0.4, -0.2) is 35.8 Å². The van der Waals surface area contributed by atoms with Crippen LogP contribution in [0, 0.1) is 0 Å². The lowest BCUT2D eigenvalue weighted by Gasteiger charge is -2.29. The lowest BCUT2D eigenvalue weighted by molar-refractivity contribution is 0.355. The maximum Gasteiger partial charge on any atom is 0.173 e. The van der Waals surface area contributed by atoms with Crippen molar-refractivity contribution < 1.29 is 9.47 Å². The highest BCUT2D eigenvalue weighted by atomic mass is 35.5. The van der Waals surface area contributed by atoms with Crippen LogP contribution in [0.2, 0.25) is 5.02 Å². The normalized spacial score (nSPS) is 13.0. The molecule has 2 aromatic carbocycles. The Labute approximate surface area is 184 Å². The molecule has 5 nitrogen and oxygen atoms in total. The molecule has 2 heterocycles. The average Bonchev–Trinajstić information content (AvgIpc) is 3.18. The van der Waals surface area contributed by atoms with Crippen LogP contribution in [0.15, 0.2) is 42.5 Å². The zero-order chi connectivity index (χ0) is 20.4. The molecule has 1 aliphatic heterocycles. The second-order valence-electron chi connectivity index (χ2n) is 6.54. The van der Waals surface area contributed by atoms with Gasteiger partial charge in [-0.25, -0.2) is 4.98 Å². The molecule has 0 bridgehead atoms. The molecule has 0 unspecified atom stereocenters. The number of nitrogens with one attached hydrogen (secondary N) is 1. The summed E-state index contributed by atoms with van der Waals surface area (Å²) >= 11 is 13.5. The van der Waals surface area contributed by atoms with E-state index in [9.17, 15) is 0 Å². The molecule has 0 amide bonds. The monoisotopic (exact) mass is 445 g/mol. The smallest absolute Gasteiger partial charge is 0.173 e. The van der Waals surface area contributed by atoms with Crippen LogP contribution in [0.4, 0.5) is 5.69 Å². The van der Waals surface area contributed by atoms with E-state index in [2.05, 4.69) is 10.2 Å². The second kappa shape index (κ2) is 8.57. The Bertz CT molecular complexity index is 1050. The number of anilines is 1. The number of para-hydroxylation sites is 1. The predicted octanol–water partition coefficient (Wildman–Crippen LogP) is 5.24. The summed E-state index contributed by atoms with van der Waals surface area (Å²) in [5, 5.41) is 5.56. The topological polar surface area (TPSA) is 46.6 Å². The van der Waals surface area contributed by atoms with Gasteiger partial charge in [0.15, 0.2) is 16.6 Å². The molecule has 4 rings (SSSR count). The highest BCUT2D eigenvalue weighted by molar-refractivity contribution is 7.80. The maximum absolute atomic E-state index is 6.24. The van der Waals surface area contributed by atoms with Crippen molar-refractivity contribution in [2.75, 3.05) is 26.1 Å². The van der Waals surface area contributed by atoms with Crippen molar-refractivity contribution in [1.82, 2.24) is 9.88 Å². The molecule has 0 saturated carbocycles. The third kappa shape index (κ3) is 4.17. The zero-order valence-corrected chi connectivity index (χ0v) is 18.5. The van der Waals surface area contributed by atoms with E-state index in [0.29, 0.717) is 21.6 Å². The third-order valence-electron chi connectivity index (χ3n) is 4.76. The number of thiocarbonyl (C=S) groups is 1. The Kier molecular flexibility index (Phi) is 5.89. The molecule has 0 spiro atoms. The van der Waals surface area contributed by atoms with Crippen molar-refractivity contribution in [2.24, 2.45) is 0 Å². The number of ether oxygens (including phenoxy) is 2. The molecule has 0 aliphatic carbocycles. The fourth-order valence-corrected chi connectivity index (χ4v) is 4.79. The van der Waals surface area contributed by atoms with Crippen molar-refractivity contribution in [1.29, 1.82) is 0 Å². The van der Waals surface area contributed by atoms with E-state index in [1.807, 2.05) is 42.5 Å². The number of nitrogens with zero attached hydrogens (tertiary/aromatic N) is 2. The lowest BCUT2D eigenvalue weighted by atomic mass is 10.2. The first-order valence-corrected chi connectivity index (χ1v) is 10.7. The average molecular weight is 446 g/mol. The van der Waals surface area contributed by atoms with Crippen LogP contribution in [0.1, 0.15) is 10.6 Å². The molecule has 8 heteroatoms. The van der Waals surface area contributed by atoms with Gasteiger partial charge < -0.3 is 19.7 Å². The van der Waals surface area contributed by atoms with Gasteiger partial charge in [-0.2, -0.15) is 0 Å². The summed E-state index contributed by atoms with van der Waals surface area (Å²) in [6.45, 7) is 1.55. The number of rotatable bonds is 4. The minimum atomic E-state index is 0.654. The number of benzene rings is 2. The van der Waals surface area contributed by atoms with E-state index in [-0.39, 0.29) is 0 Å². The molecule has 0 radical (unpaired) electrons. The quantitative estimate of drug-likeness (QED) is 0.554. The van der Waals surface area contributed by atoms with Gasteiger partial charge in [-0.1, -0.05) is 23.7 Å². The molecular formula is C21H20ClN3O2S2. The molecule has 150 valence electrons. The predicted molar refractivity (Wildman–Crippen MR) is 122 cm³/mol. The molecule has 0 atom stereocenters. The Morgan fingerprint density at radius 3 is 2.72 bits per heavy atom. The first-order valence-electron chi connectivity index (χ1n) is 9.10. The van der Waals surface area contributed by atoms with Crippen molar-refractivity contribution in [3.8, 4) is 22.1 Å². The summed E-state index contributed by atoms with van der Waals surface area (Å²) in [7, 11) is 3.27. The van der Waals surface area contributed by atoms with Crippen LogP contribution < -0.4 is 14.8 Å². The second-order valence-corrected chi connectivity index (χ2v) is 8.42. The highest BCUT2D eigenvalue weighted by Gasteiger charge is 2.23. The van der Waals surface area contributed by atoms with Gasteiger partial charge in [-0.05, 0) is 42.5 Å². The third-order valence-corrected chi connectivity index (χ3v) is 6.59. The number of methoxy groups -OCH3 is 2. The van der Waals surface area contributed by atoms with Crippen LogP contribution in [0.3, 0.4) is 0 Å². The summed E-state index contributed by atoms with van der Waals surface area (Å²) in [6.07, 6.45) is 0.851. The highest BCUT2D eigenvalue weighted by Crippen LogP contribution is 2.36. The van der Waals surface area contributed by atoms with E-state index in [0.717, 1.165) is 41.5 Å². The van der Waals surface area contributed by atoms with E-state index in [1.54, 1.807) is 25.6 Å². The lowest BCUT2D eigenvalue weighted by Crippen LogP contribution is -2.38. The minimum absolute atomic E-state index is 0.654. The maximum atomic E-state index is 6.24. The number of aromatic nitrogens is 1. The summed E-state index contributed by atoms with van der Waals surface area (Å²) in [5.41, 5.74) is 2.97. The van der Waals surface area contributed by atoms with Gasteiger partial charge in [0.05, 0.1) is 37.2 Å². The van der Waals surface area contributed by atoms with E-state index in [1.165, 1.54) is 4.88 Å².